The van der Waals surface area contributed by atoms with Crippen molar-refractivity contribution in [2.75, 3.05) is 25.8 Å². The Kier molecular flexibility index (Phi) is 5.41. The zero-order valence-corrected chi connectivity index (χ0v) is 17.7. The number of anilines is 1. The normalized spacial score (nSPS) is 13.6. The van der Waals surface area contributed by atoms with Crippen LogP contribution in [0.3, 0.4) is 0 Å². The van der Waals surface area contributed by atoms with Gasteiger partial charge in [0.05, 0.1) is 18.8 Å². The minimum atomic E-state index is -0.0963. The summed E-state index contributed by atoms with van der Waals surface area (Å²) in [5, 5.41) is 0. The maximum absolute atomic E-state index is 13.0. The number of rotatable bonds is 5. The van der Waals surface area contributed by atoms with Gasteiger partial charge in [-0.2, -0.15) is 0 Å². The molecule has 154 valence electrons. The molecular weight excluding hydrogens is 402 g/mol. The smallest absolute Gasteiger partial charge is 0.271 e. The lowest BCUT2D eigenvalue weighted by atomic mass is 10.1. The summed E-state index contributed by atoms with van der Waals surface area (Å²) in [6.45, 7) is 2.35. The third-order valence-electron chi connectivity index (χ3n) is 4.90. The van der Waals surface area contributed by atoms with Crippen molar-refractivity contribution in [2.45, 2.75) is 13.6 Å². The summed E-state index contributed by atoms with van der Waals surface area (Å²) in [4.78, 5) is 31.9. The van der Waals surface area contributed by atoms with E-state index in [1.807, 2.05) is 47.4 Å². The van der Waals surface area contributed by atoms with E-state index >= 15 is 0 Å². The lowest BCUT2D eigenvalue weighted by molar-refractivity contribution is 0.101. The molecular formula is C22H21N3O4S. The molecule has 0 fully saturated rings. The van der Waals surface area contributed by atoms with Crippen molar-refractivity contribution < 1.29 is 14.3 Å². The Bertz CT molecular complexity index is 1290. The van der Waals surface area contributed by atoms with E-state index in [1.54, 1.807) is 24.9 Å². The van der Waals surface area contributed by atoms with E-state index in [1.165, 1.54) is 18.3 Å². The summed E-state index contributed by atoms with van der Waals surface area (Å²) in [5.74, 6) is 1.25. The summed E-state index contributed by atoms with van der Waals surface area (Å²) >= 11 is 1.36. The molecule has 0 spiro atoms. The Morgan fingerprint density at radius 3 is 2.67 bits per heavy atom. The average Bonchev–Trinajstić information content (AvgIpc) is 3.08. The van der Waals surface area contributed by atoms with E-state index in [4.69, 9.17) is 9.47 Å². The molecule has 8 heteroatoms. The maximum Gasteiger partial charge on any atom is 0.271 e. The highest BCUT2D eigenvalue weighted by Gasteiger charge is 2.17. The van der Waals surface area contributed by atoms with Gasteiger partial charge in [0.15, 0.2) is 22.1 Å². The fraction of sp³-hybridized carbons (Fsp3) is 0.227. The summed E-state index contributed by atoms with van der Waals surface area (Å²) < 4.78 is 12.9. The molecule has 0 N–H and O–H groups in total. The number of carbonyl (C=O) groups excluding carboxylic acids is 1. The van der Waals surface area contributed by atoms with Crippen LogP contribution in [-0.2, 0) is 6.67 Å². The van der Waals surface area contributed by atoms with Crippen LogP contribution in [0.15, 0.2) is 52.3 Å². The second-order valence-electron chi connectivity index (χ2n) is 6.83. The van der Waals surface area contributed by atoms with Crippen LogP contribution in [0.1, 0.15) is 22.8 Å². The van der Waals surface area contributed by atoms with E-state index in [9.17, 15) is 9.59 Å². The van der Waals surface area contributed by atoms with Gasteiger partial charge in [-0.25, -0.2) is 4.99 Å². The largest absolute Gasteiger partial charge is 0.493 e. The first-order valence-corrected chi connectivity index (χ1v) is 10.2. The van der Waals surface area contributed by atoms with Crippen LogP contribution >= 0.6 is 11.3 Å². The number of methoxy groups -OCH3 is 2. The first-order valence-electron chi connectivity index (χ1n) is 9.34. The SMILES string of the molecule is COc1ccc(/C=c2\sc3n(c2=O)CN(c2cccc(C(C)=O)c2)CN=3)cc1OC. The van der Waals surface area contributed by atoms with E-state index in [2.05, 4.69) is 4.99 Å². The molecule has 1 aliphatic heterocycles. The molecule has 7 nitrogen and oxygen atoms in total. The van der Waals surface area contributed by atoms with Crippen LogP contribution in [0, 0.1) is 0 Å². The van der Waals surface area contributed by atoms with Crippen LogP contribution in [0.2, 0.25) is 0 Å². The predicted molar refractivity (Wildman–Crippen MR) is 116 cm³/mol. The monoisotopic (exact) mass is 423 g/mol. The van der Waals surface area contributed by atoms with Gasteiger partial charge < -0.3 is 14.4 Å². The van der Waals surface area contributed by atoms with Crippen LogP contribution in [0.4, 0.5) is 5.69 Å². The average molecular weight is 423 g/mol. The molecule has 4 rings (SSSR count). The number of fused-ring (bicyclic) bond motifs is 1. The minimum Gasteiger partial charge on any atom is -0.493 e. The van der Waals surface area contributed by atoms with Crippen LogP contribution in [0.5, 0.6) is 11.5 Å². The molecule has 0 saturated carbocycles. The van der Waals surface area contributed by atoms with Gasteiger partial charge in [0.25, 0.3) is 5.56 Å². The van der Waals surface area contributed by atoms with Crippen molar-refractivity contribution >= 4 is 28.9 Å². The van der Waals surface area contributed by atoms with Crippen LogP contribution in [0.25, 0.3) is 6.08 Å². The molecule has 2 aromatic carbocycles. The minimum absolute atomic E-state index is 0.00555. The van der Waals surface area contributed by atoms with Crippen molar-refractivity contribution in [1.82, 2.24) is 4.57 Å². The topological polar surface area (TPSA) is 73.1 Å². The molecule has 0 aliphatic carbocycles. The molecule has 3 aromatic rings. The fourth-order valence-electron chi connectivity index (χ4n) is 3.29. The Balaban J connectivity index is 1.68. The standard InChI is InChI=1S/C22H21N3O4S/c1-14(26)16-5-4-6-17(11-16)24-12-23-22-25(13-24)21(27)20(30-22)10-15-7-8-18(28-2)19(9-15)29-3/h4-11H,12-13H2,1-3H3/b20-10-. The zero-order valence-electron chi connectivity index (χ0n) is 16.9. The van der Waals surface area contributed by atoms with Crippen LogP contribution in [-0.4, -0.2) is 31.2 Å². The number of carbonyl (C=O) groups is 1. The molecule has 0 bridgehead atoms. The van der Waals surface area contributed by atoms with Crippen molar-refractivity contribution in [2.24, 2.45) is 4.99 Å². The summed E-state index contributed by atoms with van der Waals surface area (Å²) in [6, 6.07) is 12.9. The van der Waals surface area contributed by atoms with Gasteiger partial charge >= 0.3 is 0 Å². The number of Topliss-reactive ketones (excluding diaryl/α,β-unsaturated/α-hetero) is 1. The van der Waals surface area contributed by atoms with Gasteiger partial charge in [-0.15, -0.1) is 0 Å². The summed E-state index contributed by atoms with van der Waals surface area (Å²) in [6.07, 6.45) is 1.83. The lowest BCUT2D eigenvalue weighted by Gasteiger charge is -2.25. The first-order chi connectivity index (χ1) is 14.5. The first kappa shape index (κ1) is 19.9. The molecule has 1 aromatic heterocycles. The third-order valence-corrected chi connectivity index (χ3v) is 5.94. The van der Waals surface area contributed by atoms with Gasteiger partial charge in [0.2, 0.25) is 0 Å². The Labute approximate surface area is 177 Å². The number of hydrogen-bond donors (Lipinski definition) is 0. The van der Waals surface area contributed by atoms with E-state index in [0.717, 1.165) is 11.3 Å². The highest BCUT2D eigenvalue weighted by molar-refractivity contribution is 7.07. The van der Waals surface area contributed by atoms with Gasteiger partial charge in [0, 0.05) is 11.3 Å². The third kappa shape index (κ3) is 3.73. The molecule has 1 aliphatic rings. The zero-order chi connectivity index (χ0) is 21.3. The Morgan fingerprint density at radius 1 is 1.13 bits per heavy atom. The Hall–Kier alpha value is -3.39. The van der Waals surface area contributed by atoms with Crippen molar-refractivity contribution in [1.29, 1.82) is 0 Å². The number of ether oxygens (including phenoxy) is 2. The van der Waals surface area contributed by atoms with Crippen LogP contribution < -0.4 is 29.3 Å². The van der Waals surface area contributed by atoms with E-state index in [-0.39, 0.29) is 11.3 Å². The lowest BCUT2D eigenvalue weighted by Crippen LogP contribution is -2.42. The van der Waals surface area contributed by atoms with E-state index in [0.29, 0.717) is 39.7 Å². The number of hydrogen-bond acceptors (Lipinski definition) is 7. The van der Waals surface area contributed by atoms with Gasteiger partial charge in [-0.3, -0.25) is 14.2 Å². The van der Waals surface area contributed by atoms with Crippen molar-refractivity contribution in [3.8, 4) is 11.5 Å². The van der Waals surface area contributed by atoms with Gasteiger partial charge in [-0.05, 0) is 42.8 Å². The van der Waals surface area contributed by atoms with Gasteiger partial charge in [0.1, 0.15) is 13.3 Å². The second-order valence-corrected chi connectivity index (χ2v) is 7.84. The predicted octanol–water partition coefficient (Wildman–Crippen LogP) is 2.01. The summed E-state index contributed by atoms with van der Waals surface area (Å²) in [5.41, 5.74) is 2.25. The number of benzene rings is 2. The van der Waals surface area contributed by atoms with Gasteiger partial charge in [-0.1, -0.05) is 29.5 Å². The number of thiazole rings is 1. The quantitative estimate of drug-likeness (QED) is 0.587. The molecule has 2 heterocycles. The maximum atomic E-state index is 13.0. The summed E-state index contributed by atoms with van der Waals surface area (Å²) in [7, 11) is 3.16. The highest BCUT2D eigenvalue weighted by atomic mass is 32.1. The molecule has 0 unspecified atom stereocenters. The molecule has 0 saturated heterocycles. The Morgan fingerprint density at radius 2 is 1.93 bits per heavy atom. The number of nitrogens with zero attached hydrogens (tertiary/aromatic N) is 3. The molecule has 30 heavy (non-hydrogen) atoms. The molecule has 0 amide bonds. The number of aromatic nitrogens is 1. The molecule has 0 atom stereocenters. The van der Waals surface area contributed by atoms with Crippen molar-refractivity contribution in [3.63, 3.8) is 0 Å². The van der Waals surface area contributed by atoms with Crippen molar-refractivity contribution in [3.05, 3.63) is 73.3 Å². The fourth-order valence-corrected chi connectivity index (χ4v) is 4.25. The van der Waals surface area contributed by atoms with E-state index < -0.39 is 0 Å². The number of ketones is 1. The highest BCUT2D eigenvalue weighted by Crippen LogP contribution is 2.27. The molecule has 0 radical (unpaired) electrons. The second kappa shape index (κ2) is 8.16.